The van der Waals surface area contributed by atoms with Gasteiger partial charge in [0.05, 0.1) is 11.8 Å². The third kappa shape index (κ3) is 5.99. The maximum atomic E-state index is 11.7. The van der Waals surface area contributed by atoms with E-state index in [1.54, 1.807) is 0 Å². The molecule has 0 saturated carbocycles. The molecule has 6 nitrogen and oxygen atoms in total. The van der Waals surface area contributed by atoms with Gasteiger partial charge >= 0.3 is 0 Å². The van der Waals surface area contributed by atoms with E-state index in [-0.39, 0.29) is 12.3 Å². The van der Waals surface area contributed by atoms with Crippen molar-refractivity contribution in [1.82, 2.24) is 5.32 Å². The Bertz CT molecular complexity index is 564. The highest BCUT2D eigenvalue weighted by atomic mass is 32.2. The Morgan fingerprint density at radius 2 is 2.00 bits per heavy atom. The van der Waals surface area contributed by atoms with Crippen molar-refractivity contribution in [3.63, 3.8) is 0 Å². The van der Waals surface area contributed by atoms with Crippen molar-refractivity contribution in [2.45, 2.75) is 6.42 Å². The van der Waals surface area contributed by atoms with Crippen molar-refractivity contribution in [3.05, 3.63) is 35.9 Å². The second-order valence-electron chi connectivity index (χ2n) is 4.03. The van der Waals surface area contributed by atoms with Gasteiger partial charge < -0.3 is 5.32 Å². The third-order valence-corrected chi connectivity index (χ3v) is 3.21. The largest absolute Gasteiger partial charge is 0.354 e. The standard InChI is InChI=1S/C12H15N3O3S/c13-9-11(8-10-4-2-1-3-5-10)12(16)15-6-7-19(14,17)18/h1-5,11H,6-8H2,(H,15,16)(H2,14,17,18). The lowest BCUT2D eigenvalue weighted by Gasteiger charge is -2.09. The number of hydrogen-bond acceptors (Lipinski definition) is 4. The number of nitrogens with one attached hydrogen (secondary N) is 1. The summed E-state index contributed by atoms with van der Waals surface area (Å²) in [6, 6.07) is 11.0. The van der Waals surface area contributed by atoms with E-state index in [9.17, 15) is 13.2 Å². The Hall–Kier alpha value is -1.91. The second-order valence-corrected chi connectivity index (χ2v) is 5.76. The molecule has 0 aliphatic carbocycles. The first kappa shape index (κ1) is 15.1. The summed E-state index contributed by atoms with van der Waals surface area (Å²) >= 11 is 0. The van der Waals surface area contributed by atoms with Crippen molar-refractivity contribution in [3.8, 4) is 6.07 Å². The van der Waals surface area contributed by atoms with Gasteiger partial charge in [0.25, 0.3) is 0 Å². The normalized spacial score (nSPS) is 12.4. The van der Waals surface area contributed by atoms with E-state index in [0.29, 0.717) is 6.42 Å². The SMILES string of the molecule is N#CC(Cc1ccccc1)C(=O)NCCS(N)(=O)=O. The fourth-order valence-corrected chi connectivity index (χ4v) is 1.87. The Morgan fingerprint density at radius 3 is 2.53 bits per heavy atom. The van der Waals surface area contributed by atoms with E-state index in [0.717, 1.165) is 5.56 Å². The van der Waals surface area contributed by atoms with Crippen LogP contribution in [0.15, 0.2) is 30.3 Å². The van der Waals surface area contributed by atoms with Crippen molar-refractivity contribution in [2.24, 2.45) is 11.1 Å². The summed E-state index contributed by atoms with van der Waals surface area (Å²) < 4.78 is 21.4. The number of hydrogen-bond donors (Lipinski definition) is 2. The molecule has 1 rings (SSSR count). The molecule has 0 aromatic heterocycles. The molecule has 1 aromatic carbocycles. The quantitative estimate of drug-likeness (QED) is 0.750. The molecule has 102 valence electrons. The molecule has 1 atom stereocenters. The Morgan fingerprint density at radius 1 is 1.37 bits per heavy atom. The van der Waals surface area contributed by atoms with Crippen molar-refractivity contribution in [2.75, 3.05) is 12.3 Å². The summed E-state index contributed by atoms with van der Waals surface area (Å²) in [5.74, 6) is -1.68. The molecule has 3 N–H and O–H groups in total. The van der Waals surface area contributed by atoms with E-state index < -0.39 is 21.8 Å². The van der Waals surface area contributed by atoms with E-state index in [4.69, 9.17) is 10.4 Å². The van der Waals surface area contributed by atoms with Gasteiger partial charge in [-0.3, -0.25) is 4.79 Å². The summed E-state index contributed by atoms with van der Waals surface area (Å²) in [7, 11) is -3.61. The summed E-state index contributed by atoms with van der Waals surface area (Å²) in [6.07, 6.45) is 0.290. The van der Waals surface area contributed by atoms with Crippen LogP contribution in [0.1, 0.15) is 5.56 Å². The van der Waals surface area contributed by atoms with Gasteiger partial charge in [-0.15, -0.1) is 0 Å². The lowest BCUT2D eigenvalue weighted by molar-refractivity contribution is -0.123. The molecule has 0 saturated heterocycles. The fraction of sp³-hybridized carbons (Fsp3) is 0.333. The zero-order valence-corrected chi connectivity index (χ0v) is 11.1. The van der Waals surface area contributed by atoms with Crippen LogP contribution < -0.4 is 10.5 Å². The number of nitrogens with zero attached hydrogens (tertiary/aromatic N) is 1. The average Bonchev–Trinajstić information content (AvgIpc) is 2.35. The lowest BCUT2D eigenvalue weighted by atomic mass is 10.00. The first-order valence-electron chi connectivity index (χ1n) is 5.64. The lowest BCUT2D eigenvalue weighted by Crippen LogP contribution is -2.35. The molecule has 0 fully saturated rings. The van der Waals surface area contributed by atoms with Crippen LogP contribution in [0.2, 0.25) is 0 Å². The molecule has 0 spiro atoms. The van der Waals surface area contributed by atoms with Crippen LogP contribution in [-0.2, 0) is 21.2 Å². The smallest absolute Gasteiger partial charge is 0.237 e. The molecule has 19 heavy (non-hydrogen) atoms. The van der Waals surface area contributed by atoms with E-state index in [1.807, 2.05) is 36.4 Å². The topological polar surface area (TPSA) is 113 Å². The predicted octanol–water partition coefficient (Wildman–Crippen LogP) is -0.226. The predicted molar refractivity (Wildman–Crippen MR) is 70.2 cm³/mol. The highest BCUT2D eigenvalue weighted by Gasteiger charge is 2.18. The maximum Gasteiger partial charge on any atom is 0.237 e. The van der Waals surface area contributed by atoms with E-state index in [1.165, 1.54) is 0 Å². The third-order valence-electron chi connectivity index (χ3n) is 2.44. The molecule has 1 amide bonds. The summed E-state index contributed by atoms with van der Waals surface area (Å²) in [5, 5.41) is 16.2. The number of nitrogens with two attached hydrogens (primary N) is 1. The van der Waals surface area contributed by atoms with Gasteiger partial charge in [-0.1, -0.05) is 30.3 Å². The molecule has 7 heteroatoms. The number of primary sulfonamides is 1. The highest BCUT2D eigenvalue weighted by molar-refractivity contribution is 7.89. The minimum absolute atomic E-state index is 0.0926. The molecule has 1 aromatic rings. The van der Waals surface area contributed by atoms with Gasteiger partial charge in [0.2, 0.25) is 15.9 Å². The Labute approximate surface area is 112 Å². The molecular weight excluding hydrogens is 266 g/mol. The molecule has 0 aliphatic heterocycles. The number of carbonyl (C=O) groups is 1. The summed E-state index contributed by atoms with van der Waals surface area (Å²) in [5.41, 5.74) is 0.871. The summed E-state index contributed by atoms with van der Waals surface area (Å²) in [6.45, 7) is -0.0926. The van der Waals surface area contributed by atoms with Crippen LogP contribution in [-0.4, -0.2) is 26.6 Å². The maximum absolute atomic E-state index is 11.7. The van der Waals surface area contributed by atoms with Crippen LogP contribution in [0, 0.1) is 17.2 Å². The fourth-order valence-electron chi connectivity index (χ4n) is 1.49. The highest BCUT2D eigenvalue weighted by Crippen LogP contribution is 2.08. The van der Waals surface area contributed by atoms with Gasteiger partial charge in [-0.05, 0) is 12.0 Å². The first-order valence-corrected chi connectivity index (χ1v) is 7.35. The molecule has 0 heterocycles. The van der Waals surface area contributed by atoms with Crippen LogP contribution >= 0.6 is 0 Å². The van der Waals surface area contributed by atoms with Crippen molar-refractivity contribution < 1.29 is 13.2 Å². The molecule has 0 aliphatic rings. The van der Waals surface area contributed by atoms with Crippen LogP contribution in [0.25, 0.3) is 0 Å². The first-order chi connectivity index (χ1) is 8.92. The van der Waals surface area contributed by atoms with Gasteiger partial charge in [0.1, 0.15) is 5.92 Å². The van der Waals surface area contributed by atoms with Crippen molar-refractivity contribution >= 4 is 15.9 Å². The Balaban J connectivity index is 2.52. The van der Waals surface area contributed by atoms with E-state index in [2.05, 4.69) is 5.32 Å². The van der Waals surface area contributed by atoms with Crippen LogP contribution in [0.5, 0.6) is 0 Å². The zero-order valence-electron chi connectivity index (χ0n) is 10.2. The average molecular weight is 281 g/mol. The van der Waals surface area contributed by atoms with Gasteiger partial charge in [-0.2, -0.15) is 5.26 Å². The minimum Gasteiger partial charge on any atom is -0.354 e. The molecule has 0 bridgehead atoms. The zero-order chi connectivity index (χ0) is 14.3. The van der Waals surface area contributed by atoms with E-state index >= 15 is 0 Å². The number of rotatable bonds is 6. The number of benzene rings is 1. The van der Waals surface area contributed by atoms with Crippen molar-refractivity contribution in [1.29, 1.82) is 5.26 Å². The van der Waals surface area contributed by atoms with Gasteiger partial charge in [0.15, 0.2) is 0 Å². The number of carbonyl (C=O) groups excluding carboxylic acids is 1. The van der Waals surface area contributed by atoms with Gasteiger partial charge in [-0.25, -0.2) is 13.6 Å². The Kier molecular flexibility index (Phi) is 5.48. The monoisotopic (exact) mass is 281 g/mol. The van der Waals surface area contributed by atoms with Crippen LogP contribution in [0.4, 0.5) is 0 Å². The second kappa shape index (κ2) is 6.87. The number of amides is 1. The molecule has 0 radical (unpaired) electrons. The molecular formula is C12H15N3O3S. The number of nitriles is 1. The van der Waals surface area contributed by atoms with Gasteiger partial charge in [0, 0.05) is 6.54 Å². The van der Waals surface area contributed by atoms with Crippen LogP contribution in [0.3, 0.4) is 0 Å². The molecule has 1 unspecified atom stereocenters. The number of sulfonamides is 1. The summed E-state index contributed by atoms with van der Waals surface area (Å²) in [4.78, 5) is 11.7. The minimum atomic E-state index is -3.61.